The fraction of sp³-hybridized carbons (Fsp3) is 0.500. The van der Waals surface area contributed by atoms with Crippen LogP contribution in [0.5, 0.6) is 5.75 Å². The maximum absolute atomic E-state index is 11.6. The topological polar surface area (TPSA) is 61.5 Å². The molecule has 0 fully saturated rings. The molecular formula is C14H21NO3. The van der Waals surface area contributed by atoms with Gasteiger partial charge in [0.1, 0.15) is 11.3 Å². The van der Waals surface area contributed by atoms with Crippen LogP contribution in [0.25, 0.3) is 0 Å². The van der Waals surface area contributed by atoms with Gasteiger partial charge in [-0.3, -0.25) is 0 Å². The number of carbonyl (C=O) groups is 1. The second-order valence-electron chi connectivity index (χ2n) is 5.41. The van der Waals surface area contributed by atoms with E-state index in [1.165, 1.54) is 7.11 Å². The number of hydrogen-bond acceptors (Lipinski definition) is 4. The molecule has 0 bridgehead atoms. The summed E-state index contributed by atoms with van der Waals surface area (Å²) in [4.78, 5) is 11.6. The average Bonchev–Trinajstić information content (AvgIpc) is 2.26. The molecule has 4 nitrogen and oxygen atoms in total. The zero-order valence-corrected chi connectivity index (χ0v) is 11.4. The Labute approximate surface area is 108 Å². The molecule has 0 aromatic heterocycles. The number of anilines is 1. The SMILES string of the molecule is COC(=O)c1ccc(N)cc1OCCC(C)(C)C. The van der Waals surface area contributed by atoms with Gasteiger partial charge < -0.3 is 15.2 Å². The quantitative estimate of drug-likeness (QED) is 0.660. The van der Waals surface area contributed by atoms with Crippen LogP contribution in [0.3, 0.4) is 0 Å². The summed E-state index contributed by atoms with van der Waals surface area (Å²) in [5.74, 6) is 0.0619. The molecule has 0 radical (unpaired) electrons. The Balaban J connectivity index is 2.80. The first-order valence-corrected chi connectivity index (χ1v) is 5.94. The van der Waals surface area contributed by atoms with Gasteiger partial charge in [0.15, 0.2) is 0 Å². The van der Waals surface area contributed by atoms with E-state index in [0.717, 1.165) is 6.42 Å². The van der Waals surface area contributed by atoms with Gasteiger partial charge in [-0.15, -0.1) is 0 Å². The second kappa shape index (κ2) is 5.76. The third-order valence-electron chi connectivity index (χ3n) is 2.52. The molecule has 1 aromatic rings. The zero-order valence-electron chi connectivity index (χ0n) is 11.4. The van der Waals surface area contributed by atoms with E-state index in [1.807, 2.05) is 0 Å². The number of esters is 1. The molecule has 0 unspecified atom stereocenters. The number of rotatable bonds is 4. The van der Waals surface area contributed by atoms with Crippen molar-refractivity contribution >= 4 is 11.7 Å². The summed E-state index contributed by atoms with van der Waals surface area (Å²) >= 11 is 0. The smallest absolute Gasteiger partial charge is 0.341 e. The Bertz CT molecular complexity index is 422. The Hall–Kier alpha value is -1.71. The van der Waals surface area contributed by atoms with Gasteiger partial charge in [0.05, 0.1) is 13.7 Å². The average molecular weight is 251 g/mol. The van der Waals surface area contributed by atoms with E-state index in [2.05, 4.69) is 20.8 Å². The van der Waals surface area contributed by atoms with Crippen molar-refractivity contribution in [3.05, 3.63) is 23.8 Å². The van der Waals surface area contributed by atoms with Gasteiger partial charge in [-0.2, -0.15) is 0 Å². The lowest BCUT2D eigenvalue weighted by atomic mass is 9.93. The summed E-state index contributed by atoms with van der Waals surface area (Å²) in [6.45, 7) is 6.95. The number of benzene rings is 1. The highest BCUT2D eigenvalue weighted by Gasteiger charge is 2.15. The van der Waals surface area contributed by atoms with Crippen molar-refractivity contribution in [1.82, 2.24) is 0 Å². The maximum Gasteiger partial charge on any atom is 0.341 e. The van der Waals surface area contributed by atoms with E-state index >= 15 is 0 Å². The van der Waals surface area contributed by atoms with Crippen molar-refractivity contribution in [2.24, 2.45) is 5.41 Å². The third kappa shape index (κ3) is 4.28. The number of nitrogens with two attached hydrogens (primary N) is 1. The van der Waals surface area contributed by atoms with Gasteiger partial charge in [-0.05, 0) is 24.0 Å². The Morgan fingerprint density at radius 1 is 1.33 bits per heavy atom. The molecule has 18 heavy (non-hydrogen) atoms. The fourth-order valence-corrected chi connectivity index (χ4v) is 1.40. The third-order valence-corrected chi connectivity index (χ3v) is 2.52. The van der Waals surface area contributed by atoms with Gasteiger partial charge in [0.25, 0.3) is 0 Å². The molecular weight excluding hydrogens is 230 g/mol. The molecule has 0 aliphatic rings. The van der Waals surface area contributed by atoms with Crippen LogP contribution in [-0.4, -0.2) is 19.7 Å². The van der Waals surface area contributed by atoms with Crippen LogP contribution < -0.4 is 10.5 Å². The molecule has 1 aromatic carbocycles. The van der Waals surface area contributed by atoms with Gasteiger partial charge in [0.2, 0.25) is 0 Å². The van der Waals surface area contributed by atoms with Crippen molar-refractivity contribution in [3.63, 3.8) is 0 Å². The lowest BCUT2D eigenvalue weighted by Gasteiger charge is -2.19. The molecule has 0 saturated heterocycles. The van der Waals surface area contributed by atoms with Crippen LogP contribution in [0.4, 0.5) is 5.69 Å². The van der Waals surface area contributed by atoms with Gasteiger partial charge in [-0.1, -0.05) is 20.8 Å². The monoisotopic (exact) mass is 251 g/mol. The minimum Gasteiger partial charge on any atom is -0.493 e. The summed E-state index contributed by atoms with van der Waals surface area (Å²) < 4.78 is 10.3. The summed E-state index contributed by atoms with van der Waals surface area (Å²) in [7, 11) is 1.34. The molecule has 2 N–H and O–H groups in total. The minimum absolute atomic E-state index is 0.186. The number of nitrogen functional groups attached to an aromatic ring is 1. The highest BCUT2D eigenvalue weighted by molar-refractivity contribution is 5.93. The number of carbonyl (C=O) groups excluding carboxylic acids is 1. The van der Waals surface area contributed by atoms with E-state index in [1.54, 1.807) is 18.2 Å². The molecule has 1 rings (SSSR count). The van der Waals surface area contributed by atoms with Crippen LogP contribution in [-0.2, 0) is 4.74 Å². The first kappa shape index (κ1) is 14.4. The molecule has 0 spiro atoms. The summed E-state index contributed by atoms with van der Waals surface area (Å²) in [6, 6.07) is 4.92. The van der Waals surface area contributed by atoms with Crippen molar-refractivity contribution in [2.75, 3.05) is 19.5 Å². The number of methoxy groups -OCH3 is 1. The van der Waals surface area contributed by atoms with Gasteiger partial charge in [0, 0.05) is 11.8 Å². The van der Waals surface area contributed by atoms with Crippen molar-refractivity contribution in [2.45, 2.75) is 27.2 Å². The highest BCUT2D eigenvalue weighted by atomic mass is 16.5. The van der Waals surface area contributed by atoms with Crippen molar-refractivity contribution in [1.29, 1.82) is 0 Å². The van der Waals surface area contributed by atoms with Crippen molar-refractivity contribution < 1.29 is 14.3 Å². The minimum atomic E-state index is -0.416. The zero-order chi connectivity index (χ0) is 13.8. The maximum atomic E-state index is 11.6. The Kier molecular flexibility index (Phi) is 4.59. The lowest BCUT2D eigenvalue weighted by molar-refractivity contribution is 0.0595. The number of ether oxygens (including phenoxy) is 2. The predicted octanol–water partition coefficient (Wildman–Crippen LogP) is 2.87. The molecule has 0 saturated carbocycles. The van der Waals surface area contributed by atoms with E-state index in [0.29, 0.717) is 23.6 Å². The summed E-state index contributed by atoms with van der Waals surface area (Å²) in [5.41, 5.74) is 6.85. The standard InChI is InChI=1S/C14H21NO3/c1-14(2,3)7-8-18-12-9-10(15)5-6-11(12)13(16)17-4/h5-6,9H,7-8,15H2,1-4H3. The van der Waals surface area contributed by atoms with Crippen LogP contribution in [0.15, 0.2) is 18.2 Å². The van der Waals surface area contributed by atoms with Crippen LogP contribution >= 0.6 is 0 Å². The van der Waals surface area contributed by atoms with Gasteiger partial charge in [-0.25, -0.2) is 4.79 Å². The largest absolute Gasteiger partial charge is 0.493 e. The lowest BCUT2D eigenvalue weighted by Crippen LogP contribution is -2.13. The van der Waals surface area contributed by atoms with Crippen LogP contribution in [0, 0.1) is 5.41 Å². The fourth-order valence-electron chi connectivity index (χ4n) is 1.40. The predicted molar refractivity (Wildman–Crippen MR) is 71.8 cm³/mol. The van der Waals surface area contributed by atoms with Crippen LogP contribution in [0.2, 0.25) is 0 Å². The molecule has 0 aliphatic carbocycles. The summed E-state index contributed by atoms with van der Waals surface area (Å²) in [5, 5.41) is 0. The van der Waals surface area contributed by atoms with E-state index in [4.69, 9.17) is 15.2 Å². The summed E-state index contributed by atoms with van der Waals surface area (Å²) in [6.07, 6.45) is 0.891. The molecule has 0 atom stereocenters. The first-order chi connectivity index (χ1) is 8.33. The van der Waals surface area contributed by atoms with E-state index < -0.39 is 5.97 Å². The molecule has 4 heteroatoms. The normalized spacial score (nSPS) is 11.1. The number of hydrogen-bond donors (Lipinski definition) is 1. The Morgan fingerprint density at radius 3 is 2.56 bits per heavy atom. The molecule has 0 amide bonds. The molecule has 0 heterocycles. The van der Waals surface area contributed by atoms with Crippen LogP contribution in [0.1, 0.15) is 37.6 Å². The van der Waals surface area contributed by atoms with E-state index in [-0.39, 0.29) is 5.41 Å². The first-order valence-electron chi connectivity index (χ1n) is 5.94. The molecule has 0 aliphatic heterocycles. The molecule has 100 valence electrons. The van der Waals surface area contributed by atoms with Crippen molar-refractivity contribution in [3.8, 4) is 5.75 Å². The Morgan fingerprint density at radius 2 is 2.00 bits per heavy atom. The van der Waals surface area contributed by atoms with Gasteiger partial charge >= 0.3 is 5.97 Å². The van der Waals surface area contributed by atoms with E-state index in [9.17, 15) is 4.79 Å². The highest BCUT2D eigenvalue weighted by Crippen LogP contribution is 2.24. The second-order valence-corrected chi connectivity index (χ2v) is 5.41.